The molecule has 0 fully saturated rings. The summed E-state index contributed by atoms with van der Waals surface area (Å²) in [5.74, 6) is 1.62. The van der Waals surface area contributed by atoms with Gasteiger partial charge >= 0.3 is 0 Å². The predicted octanol–water partition coefficient (Wildman–Crippen LogP) is 4.39. The van der Waals surface area contributed by atoms with Gasteiger partial charge in [-0.05, 0) is 31.0 Å². The van der Waals surface area contributed by atoms with Crippen molar-refractivity contribution in [2.75, 3.05) is 11.8 Å². The Bertz CT molecular complexity index is 410. The minimum Gasteiger partial charge on any atom is -0.490 e. The van der Waals surface area contributed by atoms with Crippen molar-refractivity contribution in [1.29, 1.82) is 0 Å². The molecule has 4 heteroatoms. The Morgan fingerprint density at radius 3 is 2.72 bits per heavy atom. The van der Waals surface area contributed by atoms with Gasteiger partial charge in [0.2, 0.25) is 0 Å². The molecule has 0 N–H and O–H groups in total. The lowest BCUT2D eigenvalue weighted by Gasteiger charge is -2.30. The van der Waals surface area contributed by atoms with Crippen LogP contribution in [-0.2, 0) is 6.42 Å². The topological polar surface area (TPSA) is 9.23 Å². The van der Waals surface area contributed by atoms with Crippen LogP contribution in [0.5, 0.6) is 5.75 Å². The molecule has 1 atom stereocenters. The highest BCUT2D eigenvalue weighted by Gasteiger charge is 2.34. The number of halogens is 3. The van der Waals surface area contributed by atoms with Gasteiger partial charge in [0.1, 0.15) is 17.7 Å². The Hall–Kier alpha value is -0.470. The lowest BCUT2D eigenvalue weighted by molar-refractivity contribution is 0.157. The maximum absolute atomic E-state index is 13.1. The first-order valence-corrected chi connectivity index (χ1v) is 7.26. The molecule has 1 nitrogen and oxygen atoms in total. The fourth-order valence-electron chi connectivity index (χ4n) is 2.36. The van der Waals surface area contributed by atoms with Crippen molar-refractivity contribution < 1.29 is 9.13 Å². The van der Waals surface area contributed by atoms with Crippen LogP contribution in [0.1, 0.15) is 25.3 Å². The normalized spacial score (nSPS) is 18.6. The molecule has 0 amide bonds. The molecule has 0 bridgehead atoms. The summed E-state index contributed by atoms with van der Waals surface area (Å²) < 4.78 is 19.0. The second-order valence-electron chi connectivity index (χ2n) is 5.02. The molecule has 18 heavy (non-hydrogen) atoms. The molecule has 0 saturated heterocycles. The summed E-state index contributed by atoms with van der Waals surface area (Å²) in [6, 6.07) is 4.67. The fourth-order valence-corrected chi connectivity index (χ4v) is 3.25. The molecule has 100 valence electrons. The predicted molar refractivity (Wildman–Crippen MR) is 73.3 cm³/mol. The van der Waals surface area contributed by atoms with Gasteiger partial charge < -0.3 is 4.74 Å². The Balaban J connectivity index is 2.07. The second-order valence-corrected chi connectivity index (χ2v) is 5.56. The average molecular weight is 291 g/mol. The summed E-state index contributed by atoms with van der Waals surface area (Å²) in [7, 11) is 0. The maximum Gasteiger partial charge on any atom is 0.123 e. The van der Waals surface area contributed by atoms with E-state index in [-0.39, 0.29) is 17.3 Å². The smallest absolute Gasteiger partial charge is 0.123 e. The Morgan fingerprint density at radius 2 is 2.11 bits per heavy atom. The Kier molecular flexibility index (Phi) is 4.39. The number of benzene rings is 1. The summed E-state index contributed by atoms with van der Waals surface area (Å²) in [5, 5.41) is 0. The molecule has 0 spiro atoms. The van der Waals surface area contributed by atoms with Gasteiger partial charge in [0.05, 0.1) is 0 Å². The molecule has 1 aliphatic heterocycles. The van der Waals surface area contributed by atoms with E-state index in [1.54, 1.807) is 12.1 Å². The van der Waals surface area contributed by atoms with Crippen LogP contribution in [0.4, 0.5) is 4.39 Å². The minimum absolute atomic E-state index is 0.0549. The van der Waals surface area contributed by atoms with Gasteiger partial charge in [-0.15, -0.1) is 23.2 Å². The number of hydrogen-bond acceptors (Lipinski definition) is 1. The number of hydrogen-bond donors (Lipinski definition) is 0. The van der Waals surface area contributed by atoms with Crippen molar-refractivity contribution in [1.82, 2.24) is 0 Å². The highest BCUT2D eigenvalue weighted by Crippen LogP contribution is 2.38. The highest BCUT2D eigenvalue weighted by molar-refractivity contribution is 6.21. The molecule has 1 heterocycles. The third-order valence-corrected chi connectivity index (χ3v) is 4.88. The number of ether oxygens (including phenoxy) is 1. The summed E-state index contributed by atoms with van der Waals surface area (Å²) >= 11 is 12.1. The fraction of sp³-hybridized carbons (Fsp3) is 0.571. The van der Waals surface area contributed by atoms with E-state index < -0.39 is 0 Å². The van der Waals surface area contributed by atoms with Crippen LogP contribution in [0.2, 0.25) is 0 Å². The van der Waals surface area contributed by atoms with Gasteiger partial charge in [-0.25, -0.2) is 4.39 Å². The quantitative estimate of drug-likeness (QED) is 0.731. The van der Waals surface area contributed by atoms with Crippen LogP contribution in [0, 0.1) is 11.2 Å². The zero-order valence-corrected chi connectivity index (χ0v) is 11.9. The molecule has 0 aliphatic carbocycles. The molecule has 1 aromatic rings. The monoisotopic (exact) mass is 290 g/mol. The molecule has 2 rings (SSSR count). The van der Waals surface area contributed by atoms with Crippen LogP contribution in [0.25, 0.3) is 0 Å². The lowest BCUT2D eigenvalue weighted by atomic mass is 9.82. The van der Waals surface area contributed by atoms with Crippen molar-refractivity contribution in [3.8, 4) is 5.75 Å². The van der Waals surface area contributed by atoms with Crippen molar-refractivity contribution >= 4 is 23.2 Å². The molecule has 0 aromatic heterocycles. The van der Waals surface area contributed by atoms with E-state index in [0.29, 0.717) is 11.8 Å². The van der Waals surface area contributed by atoms with Gasteiger partial charge in [0.25, 0.3) is 0 Å². The number of rotatable bonds is 5. The summed E-state index contributed by atoms with van der Waals surface area (Å²) in [4.78, 5) is 0. The van der Waals surface area contributed by atoms with E-state index in [2.05, 4.69) is 6.92 Å². The standard InChI is InChI=1S/C14H17Cl2FO/c1-2-14(8-15,9-16)7-12-6-10-5-11(17)3-4-13(10)18-12/h3-5,12H,2,6-9H2,1H3. The Labute approximate surface area is 117 Å². The molecular formula is C14H17Cl2FO. The van der Waals surface area contributed by atoms with Gasteiger partial charge in [0, 0.05) is 29.2 Å². The minimum atomic E-state index is -0.213. The average Bonchev–Trinajstić information content (AvgIpc) is 2.77. The highest BCUT2D eigenvalue weighted by atomic mass is 35.5. The third kappa shape index (κ3) is 2.75. The first-order valence-electron chi connectivity index (χ1n) is 6.19. The van der Waals surface area contributed by atoms with Crippen LogP contribution in [-0.4, -0.2) is 17.9 Å². The van der Waals surface area contributed by atoms with Crippen LogP contribution in [0.3, 0.4) is 0 Å². The third-order valence-electron chi connectivity index (χ3n) is 3.74. The molecule has 1 aromatic carbocycles. The largest absolute Gasteiger partial charge is 0.490 e. The Morgan fingerprint density at radius 1 is 1.39 bits per heavy atom. The van der Waals surface area contributed by atoms with E-state index in [9.17, 15) is 4.39 Å². The van der Waals surface area contributed by atoms with Gasteiger partial charge in [-0.3, -0.25) is 0 Å². The van der Waals surface area contributed by atoms with Gasteiger partial charge in [-0.1, -0.05) is 6.92 Å². The van der Waals surface area contributed by atoms with Crippen LogP contribution >= 0.6 is 23.2 Å². The SMILES string of the molecule is CCC(CCl)(CCl)CC1Cc2cc(F)ccc2O1. The van der Waals surface area contributed by atoms with E-state index in [1.165, 1.54) is 6.07 Å². The van der Waals surface area contributed by atoms with Crippen molar-refractivity contribution in [3.63, 3.8) is 0 Å². The van der Waals surface area contributed by atoms with Crippen molar-refractivity contribution in [3.05, 3.63) is 29.6 Å². The molecule has 0 radical (unpaired) electrons. The van der Waals surface area contributed by atoms with E-state index in [1.807, 2.05) is 0 Å². The number of alkyl halides is 2. The van der Waals surface area contributed by atoms with Gasteiger partial charge in [-0.2, -0.15) is 0 Å². The van der Waals surface area contributed by atoms with E-state index in [0.717, 1.165) is 30.6 Å². The summed E-state index contributed by atoms with van der Waals surface area (Å²) in [6.07, 6.45) is 2.53. The summed E-state index contributed by atoms with van der Waals surface area (Å²) in [5.41, 5.74) is 0.850. The summed E-state index contributed by atoms with van der Waals surface area (Å²) in [6.45, 7) is 2.09. The zero-order valence-electron chi connectivity index (χ0n) is 10.4. The molecule has 1 aliphatic rings. The van der Waals surface area contributed by atoms with Crippen molar-refractivity contribution in [2.24, 2.45) is 5.41 Å². The molecular weight excluding hydrogens is 274 g/mol. The number of fused-ring (bicyclic) bond motifs is 1. The first-order chi connectivity index (χ1) is 8.62. The van der Waals surface area contributed by atoms with E-state index in [4.69, 9.17) is 27.9 Å². The second kappa shape index (κ2) is 5.66. The van der Waals surface area contributed by atoms with E-state index >= 15 is 0 Å². The zero-order chi connectivity index (χ0) is 13.2. The van der Waals surface area contributed by atoms with Crippen LogP contribution in [0.15, 0.2) is 18.2 Å². The first kappa shape index (κ1) is 14.0. The van der Waals surface area contributed by atoms with Crippen LogP contribution < -0.4 is 4.74 Å². The molecule has 1 unspecified atom stereocenters. The van der Waals surface area contributed by atoms with Crippen molar-refractivity contribution in [2.45, 2.75) is 32.3 Å². The van der Waals surface area contributed by atoms with Gasteiger partial charge in [0.15, 0.2) is 0 Å². The lowest BCUT2D eigenvalue weighted by Crippen LogP contribution is -2.31. The maximum atomic E-state index is 13.1. The molecule has 0 saturated carbocycles.